The summed E-state index contributed by atoms with van der Waals surface area (Å²) in [7, 11) is -2.56. The van der Waals surface area contributed by atoms with Crippen LogP contribution in [0, 0.1) is 32.1 Å². The highest BCUT2D eigenvalue weighted by molar-refractivity contribution is 7.92. The second-order valence-electron chi connectivity index (χ2n) is 14.6. The Kier molecular flexibility index (Phi) is 11.1. The maximum Gasteiger partial charge on any atom is 0.308 e. The molecule has 3 N–H and O–H groups in total. The van der Waals surface area contributed by atoms with E-state index in [1.165, 1.54) is 19.2 Å². The van der Waals surface area contributed by atoms with Gasteiger partial charge in [-0.05, 0) is 80.1 Å². The number of carbonyl (C=O) groups excluding carboxylic acids is 2. The lowest BCUT2D eigenvalue weighted by Crippen LogP contribution is -2.26. The third-order valence-corrected chi connectivity index (χ3v) is 13.5. The maximum atomic E-state index is 13.3. The van der Waals surface area contributed by atoms with E-state index in [1.807, 2.05) is 54.8 Å². The summed E-state index contributed by atoms with van der Waals surface area (Å²) in [6, 6.07) is 23.1. The molecule has 16 heteroatoms. The van der Waals surface area contributed by atoms with Crippen LogP contribution in [0.25, 0.3) is 27.0 Å². The lowest BCUT2D eigenvalue weighted by atomic mass is 9.97. The smallest absolute Gasteiger partial charge is 0.308 e. The summed E-state index contributed by atoms with van der Waals surface area (Å²) in [5.74, 6) is 0.585. The largest absolute Gasteiger partial charge is 0.469 e. The van der Waals surface area contributed by atoms with Crippen LogP contribution < -0.4 is 10.0 Å². The number of amides is 1. The first-order valence-electron chi connectivity index (χ1n) is 19.6. The van der Waals surface area contributed by atoms with E-state index in [4.69, 9.17) is 9.73 Å². The van der Waals surface area contributed by atoms with Gasteiger partial charge >= 0.3 is 5.97 Å². The molecule has 8 rings (SSSR count). The fraction of sp³-hybridized carbons (Fsp3) is 0.222. The molecular weight excluding hydrogens is 811 g/mol. The number of nitriles is 1. The number of methoxy groups -OCH3 is 1. The van der Waals surface area contributed by atoms with Crippen molar-refractivity contribution in [3.05, 3.63) is 141 Å². The predicted molar refractivity (Wildman–Crippen MR) is 234 cm³/mol. The Balaban J connectivity index is 0.912. The number of H-pyrrole nitrogens is 1. The average molecular weight is 852 g/mol. The van der Waals surface area contributed by atoms with Gasteiger partial charge in [0.2, 0.25) is 0 Å². The minimum atomic E-state index is -3.92. The standard InChI is InChI=1S/C45H41N9O5S2/c1-6-29-13-17-35(42-40(29)33(22-46)24-49-42)53-61(57,58)34-15-7-28(8-16-34)19-20-47-44(56)36-18-14-32(23-48-36)30-9-11-31(12-10-30)41-39-25(2)26(3)60-45(39)54-27(4)51-52-43(54)37(50-41)21-38(55)59-5/h7-18,23-24,37,49,53H,6,19-21H2,1-5H3,(H,47,56)/t37-/m0/s1. The molecule has 61 heavy (non-hydrogen) atoms. The van der Waals surface area contributed by atoms with Crippen LogP contribution in [0.2, 0.25) is 0 Å². The quantitative estimate of drug-likeness (QED) is 0.105. The normalized spacial score (nSPS) is 13.4. The number of hydrogen-bond acceptors (Lipinski definition) is 11. The molecule has 0 fully saturated rings. The van der Waals surface area contributed by atoms with E-state index < -0.39 is 22.0 Å². The van der Waals surface area contributed by atoms with Gasteiger partial charge in [0.15, 0.2) is 5.82 Å². The minimum Gasteiger partial charge on any atom is -0.469 e. The third-order valence-electron chi connectivity index (χ3n) is 10.9. The van der Waals surface area contributed by atoms with Crippen molar-refractivity contribution in [1.29, 1.82) is 5.26 Å². The molecule has 0 saturated carbocycles. The number of fused-ring (bicyclic) bond motifs is 4. The Bertz CT molecular complexity index is 3010. The van der Waals surface area contributed by atoms with E-state index in [-0.39, 0.29) is 22.9 Å². The van der Waals surface area contributed by atoms with Gasteiger partial charge in [0, 0.05) is 45.9 Å². The molecule has 1 aliphatic rings. The highest BCUT2D eigenvalue weighted by Gasteiger charge is 2.32. The maximum absolute atomic E-state index is 13.3. The number of aromatic nitrogens is 5. The number of esters is 1. The zero-order chi connectivity index (χ0) is 43.0. The van der Waals surface area contributed by atoms with Crippen molar-refractivity contribution < 1.29 is 22.7 Å². The molecule has 0 unspecified atom stereocenters. The molecule has 1 aliphatic heterocycles. The molecule has 0 spiro atoms. The molecule has 14 nitrogen and oxygen atoms in total. The van der Waals surface area contributed by atoms with Crippen molar-refractivity contribution in [3.8, 4) is 22.2 Å². The summed E-state index contributed by atoms with van der Waals surface area (Å²) >= 11 is 1.64. The highest BCUT2D eigenvalue weighted by atomic mass is 32.2. The van der Waals surface area contributed by atoms with E-state index in [1.54, 1.807) is 48.0 Å². The van der Waals surface area contributed by atoms with Crippen molar-refractivity contribution in [2.24, 2.45) is 4.99 Å². The molecule has 1 amide bonds. The SMILES string of the molecule is CCc1ccc(NS(=O)(=O)c2ccc(CCNC(=O)c3ccc(-c4ccc(C5=N[C@@H](CC(=O)OC)c6nnc(C)n6-c6sc(C)c(C)c65)cc4)cn3)cc2)c2[nH]cc(C#N)c12. The molecule has 4 aromatic heterocycles. The summed E-state index contributed by atoms with van der Waals surface area (Å²) in [6.45, 7) is 8.34. The number of pyridine rings is 1. The monoisotopic (exact) mass is 851 g/mol. The third kappa shape index (κ3) is 7.81. The zero-order valence-corrected chi connectivity index (χ0v) is 35.7. The van der Waals surface area contributed by atoms with Crippen LogP contribution in [0.3, 0.4) is 0 Å². The van der Waals surface area contributed by atoms with Crippen molar-refractivity contribution in [3.63, 3.8) is 0 Å². The number of carbonyl (C=O) groups is 2. The Labute approximate surface area is 356 Å². The second kappa shape index (κ2) is 16.6. The van der Waals surface area contributed by atoms with Crippen LogP contribution in [0.4, 0.5) is 5.69 Å². The van der Waals surface area contributed by atoms with Crippen LogP contribution in [-0.2, 0) is 32.4 Å². The number of sulfonamides is 1. The predicted octanol–water partition coefficient (Wildman–Crippen LogP) is 7.46. The topological polar surface area (TPSA) is 197 Å². The molecule has 0 saturated heterocycles. The van der Waals surface area contributed by atoms with Gasteiger partial charge in [0.05, 0.1) is 40.9 Å². The highest BCUT2D eigenvalue weighted by Crippen LogP contribution is 2.40. The van der Waals surface area contributed by atoms with Crippen molar-refractivity contribution >= 4 is 55.5 Å². The van der Waals surface area contributed by atoms with E-state index >= 15 is 0 Å². The summed E-state index contributed by atoms with van der Waals surface area (Å²) in [4.78, 5) is 39.4. The molecule has 0 bridgehead atoms. The lowest BCUT2D eigenvalue weighted by molar-refractivity contribution is -0.141. The number of nitrogens with zero attached hydrogens (tertiary/aromatic N) is 6. The number of anilines is 1. The molecule has 5 heterocycles. The second-order valence-corrected chi connectivity index (χ2v) is 17.5. The Morgan fingerprint density at radius 3 is 2.39 bits per heavy atom. The average Bonchev–Trinajstić information content (AvgIpc) is 3.94. The summed E-state index contributed by atoms with van der Waals surface area (Å²) in [6.07, 6.45) is 4.44. The van der Waals surface area contributed by atoms with Crippen LogP contribution in [-0.4, -0.2) is 64.4 Å². The van der Waals surface area contributed by atoms with Gasteiger partial charge in [-0.1, -0.05) is 55.5 Å². The van der Waals surface area contributed by atoms with Crippen LogP contribution in [0.1, 0.15) is 79.8 Å². The number of rotatable bonds is 12. The number of ether oxygens (including phenoxy) is 1. The van der Waals surface area contributed by atoms with Crippen LogP contribution >= 0.6 is 11.3 Å². The van der Waals surface area contributed by atoms with Gasteiger partial charge in [-0.25, -0.2) is 8.42 Å². The van der Waals surface area contributed by atoms with Crippen LogP contribution in [0.5, 0.6) is 0 Å². The lowest BCUT2D eigenvalue weighted by Gasteiger charge is -2.12. The number of thiophene rings is 1. The fourth-order valence-corrected chi connectivity index (χ4v) is 9.81. The first-order valence-corrected chi connectivity index (χ1v) is 21.9. The van der Waals surface area contributed by atoms with Crippen molar-refractivity contribution in [1.82, 2.24) is 30.0 Å². The molecule has 0 aliphatic carbocycles. The summed E-state index contributed by atoms with van der Waals surface area (Å²) < 4.78 is 36.3. The molecule has 1 atom stereocenters. The van der Waals surface area contributed by atoms with E-state index in [0.29, 0.717) is 53.2 Å². The molecule has 7 aromatic rings. The molecule has 308 valence electrons. The van der Waals surface area contributed by atoms with Gasteiger partial charge in [-0.2, -0.15) is 5.26 Å². The first-order chi connectivity index (χ1) is 29.4. The van der Waals surface area contributed by atoms with E-state index in [0.717, 1.165) is 54.5 Å². The van der Waals surface area contributed by atoms with E-state index in [2.05, 4.69) is 50.1 Å². The van der Waals surface area contributed by atoms with Gasteiger partial charge in [0.1, 0.15) is 28.6 Å². The summed E-state index contributed by atoms with van der Waals surface area (Å²) in [5.41, 5.74) is 8.87. The van der Waals surface area contributed by atoms with Crippen LogP contribution in [0.15, 0.2) is 95.1 Å². The Morgan fingerprint density at radius 2 is 1.70 bits per heavy atom. The van der Waals surface area contributed by atoms with Gasteiger partial charge in [0.25, 0.3) is 15.9 Å². The fourth-order valence-electron chi connectivity index (χ4n) is 7.52. The Hall–Kier alpha value is -6.96. The number of hydrogen-bond donors (Lipinski definition) is 3. The van der Waals surface area contributed by atoms with Crippen molar-refractivity contribution in [2.45, 2.75) is 57.9 Å². The zero-order valence-electron chi connectivity index (χ0n) is 34.0. The molecule has 3 aromatic carbocycles. The molecule has 0 radical (unpaired) electrons. The number of aliphatic imine (C=N–C) groups is 1. The first kappa shape index (κ1) is 40.8. The number of aryl methyl sites for hydroxylation is 3. The Morgan fingerprint density at radius 1 is 0.967 bits per heavy atom. The van der Waals surface area contributed by atoms with Gasteiger partial charge in [-0.15, -0.1) is 21.5 Å². The summed E-state index contributed by atoms with van der Waals surface area (Å²) in [5, 5.41) is 22.9. The van der Waals surface area contributed by atoms with Gasteiger partial charge in [-0.3, -0.25) is 28.9 Å². The molecular formula is C45H41N9O5S2. The van der Waals surface area contributed by atoms with Gasteiger partial charge < -0.3 is 15.0 Å². The number of benzene rings is 3. The number of nitrogens with one attached hydrogen (secondary N) is 3. The minimum absolute atomic E-state index is 0.0208. The number of aromatic amines is 1. The van der Waals surface area contributed by atoms with E-state index in [9.17, 15) is 23.3 Å². The van der Waals surface area contributed by atoms with Crippen molar-refractivity contribution in [2.75, 3.05) is 18.4 Å².